The van der Waals surface area contributed by atoms with Crippen LogP contribution >= 0.6 is 0 Å². The summed E-state index contributed by atoms with van der Waals surface area (Å²) in [5.41, 5.74) is 0. The fourth-order valence-corrected chi connectivity index (χ4v) is 11.5. The van der Waals surface area contributed by atoms with Crippen molar-refractivity contribution >= 4 is 17.8 Å². The molecule has 14 N–H and O–H groups in total. The Kier molecular flexibility index (Phi) is 39.7. The van der Waals surface area contributed by atoms with E-state index in [-0.39, 0.29) is 18.9 Å². The minimum Gasteiger partial charge on any atom is -0.477 e. The van der Waals surface area contributed by atoms with Crippen molar-refractivity contribution in [2.45, 2.75) is 336 Å². The van der Waals surface area contributed by atoms with Crippen molar-refractivity contribution in [3.8, 4) is 0 Å². The molecule has 18 atom stereocenters. The molecule has 3 fully saturated rings. The summed E-state index contributed by atoms with van der Waals surface area (Å²) in [5.74, 6) is -6.11. The molecule has 0 bridgehead atoms. The number of carbonyl (C=O) groups excluding carboxylic acids is 2. The Morgan fingerprint density at radius 3 is 1.59 bits per heavy atom. The zero-order valence-corrected chi connectivity index (χ0v) is 51.5. The van der Waals surface area contributed by atoms with Crippen LogP contribution < -0.4 is 10.6 Å². The zero-order chi connectivity index (χ0) is 62.6. The van der Waals surface area contributed by atoms with Gasteiger partial charge >= 0.3 is 5.97 Å². The molecule has 2 amide bonds. The number of carboxylic acid groups (broad SMARTS) is 1. The van der Waals surface area contributed by atoms with Crippen LogP contribution in [0.2, 0.25) is 0 Å². The normalized spacial score (nSPS) is 29.6. The van der Waals surface area contributed by atoms with Gasteiger partial charge in [0.25, 0.3) is 5.79 Å². The van der Waals surface area contributed by atoms with Crippen LogP contribution in [0, 0.1) is 0 Å². The zero-order valence-electron chi connectivity index (χ0n) is 51.5. The van der Waals surface area contributed by atoms with Crippen molar-refractivity contribution in [3.05, 3.63) is 12.2 Å². The Labute approximate surface area is 505 Å². The van der Waals surface area contributed by atoms with E-state index in [1.807, 2.05) is 0 Å². The molecule has 0 aliphatic carbocycles. The first-order valence-electron chi connectivity index (χ1n) is 32.5. The number of unbranched alkanes of at least 4 members (excludes halogenated alkanes) is 26. The summed E-state index contributed by atoms with van der Waals surface area (Å²) in [6.45, 7) is 2.17. The third kappa shape index (κ3) is 27.6. The molecule has 18 unspecified atom stereocenters. The molecular formula is C62H114N2O21. The SMILES string of the molecule is CCCCCCCCCCC/C=C\CCCCCCCCCC(=O)NC(COC1OC(CO)C(OC2OC(CO)C(O)C(OC3(C(=O)O)CC(O)C(NC(C)=O)C(C(O)C(O)CO)O3)C2O)C(O)C1O)C(O)CCCCCCCCCCCCC. The van der Waals surface area contributed by atoms with Gasteiger partial charge < -0.3 is 100 Å². The maximum absolute atomic E-state index is 13.4. The van der Waals surface area contributed by atoms with Crippen molar-refractivity contribution < 1.29 is 104 Å². The molecule has 3 heterocycles. The van der Waals surface area contributed by atoms with Crippen LogP contribution in [-0.2, 0) is 42.8 Å². The molecule has 0 aromatic rings. The fraction of sp³-hybridized carbons (Fsp3) is 0.919. The van der Waals surface area contributed by atoms with Crippen LogP contribution in [0.5, 0.6) is 0 Å². The van der Waals surface area contributed by atoms with E-state index in [2.05, 4.69) is 36.6 Å². The molecule has 0 spiro atoms. The van der Waals surface area contributed by atoms with E-state index in [4.69, 9.17) is 28.4 Å². The van der Waals surface area contributed by atoms with Crippen molar-refractivity contribution in [2.75, 3.05) is 26.4 Å². The van der Waals surface area contributed by atoms with Gasteiger partial charge in [0.15, 0.2) is 12.6 Å². The van der Waals surface area contributed by atoms with Crippen molar-refractivity contribution in [3.63, 3.8) is 0 Å². The first-order valence-corrected chi connectivity index (χ1v) is 32.5. The Morgan fingerprint density at radius 2 is 1.09 bits per heavy atom. The van der Waals surface area contributed by atoms with Gasteiger partial charge in [0.2, 0.25) is 11.8 Å². The topological polar surface area (TPSA) is 373 Å². The van der Waals surface area contributed by atoms with Crippen molar-refractivity contribution in [1.29, 1.82) is 0 Å². The first-order chi connectivity index (χ1) is 40.9. The third-order valence-corrected chi connectivity index (χ3v) is 16.7. The summed E-state index contributed by atoms with van der Waals surface area (Å²) in [7, 11) is 0. The van der Waals surface area contributed by atoms with Gasteiger partial charge in [0.05, 0.1) is 50.7 Å². The lowest BCUT2D eigenvalue weighted by atomic mass is 9.88. The van der Waals surface area contributed by atoms with E-state index in [9.17, 15) is 75.7 Å². The molecule has 0 aromatic carbocycles. The van der Waals surface area contributed by atoms with E-state index in [1.54, 1.807) is 0 Å². The maximum Gasteiger partial charge on any atom is 0.364 e. The second kappa shape index (κ2) is 44.0. The van der Waals surface area contributed by atoms with E-state index >= 15 is 0 Å². The highest BCUT2D eigenvalue weighted by atomic mass is 16.8. The molecule has 0 aromatic heterocycles. The lowest BCUT2D eigenvalue weighted by Crippen LogP contribution is -2.70. The number of aliphatic carboxylic acids is 1. The first kappa shape index (κ1) is 76.7. The van der Waals surface area contributed by atoms with Gasteiger partial charge in [-0.2, -0.15) is 0 Å². The number of ether oxygens (including phenoxy) is 6. The highest BCUT2D eigenvalue weighted by Gasteiger charge is 2.60. The van der Waals surface area contributed by atoms with Crippen molar-refractivity contribution in [1.82, 2.24) is 10.6 Å². The Hall–Kier alpha value is -2.53. The Morgan fingerprint density at radius 1 is 0.600 bits per heavy atom. The number of carboxylic acids is 1. The number of rotatable bonds is 48. The molecule has 0 saturated carbocycles. The number of aliphatic hydroxyl groups excluding tert-OH is 11. The number of carbonyl (C=O) groups is 3. The van der Waals surface area contributed by atoms with Gasteiger partial charge in [-0.1, -0.05) is 180 Å². The number of aliphatic hydroxyl groups is 11. The molecule has 0 radical (unpaired) electrons. The van der Waals surface area contributed by atoms with Crippen LogP contribution in [0.1, 0.15) is 226 Å². The molecule has 3 aliphatic rings. The smallest absolute Gasteiger partial charge is 0.364 e. The van der Waals surface area contributed by atoms with Crippen LogP contribution in [-0.4, -0.2) is 215 Å². The average Bonchev–Trinajstić information content (AvgIpc) is 1.19. The third-order valence-electron chi connectivity index (χ3n) is 16.7. The second-order valence-electron chi connectivity index (χ2n) is 24.0. The molecule has 3 rings (SSSR count). The molecular weight excluding hydrogens is 1110 g/mol. The molecule has 23 heteroatoms. The van der Waals surface area contributed by atoms with Gasteiger partial charge in [-0.3, -0.25) is 9.59 Å². The number of hydrogen-bond donors (Lipinski definition) is 14. The molecule has 85 heavy (non-hydrogen) atoms. The van der Waals surface area contributed by atoms with E-state index < -0.39 is 148 Å². The highest BCUT2D eigenvalue weighted by molar-refractivity contribution is 5.77. The number of hydrogen-bond acceptors (Lipinski definition) is 20. The summed E-state index contributed by atoms with van der Waals surface area (Å²) in [5, 5.41) is 136. The van der Waals surface area contributed by atoms with Gasteiger partial charge in [0.1, 0.15) is 67.1 Å². The quantitative estimate of drug-likeness (QED) is 0.0298. The van der Waals surface area contributed by atoms with Gasteiger partial charge in [-0.15, -0.1) is 0 Å². The lowest BCUT2D eigenvalue weighted by Gasteiger charge is -2.50. The summed E-state index contributed by atoms with van der Waals surface area (Å²) in [6, 6.07) is -2.53. The minimum absolute atomic E-state index is 0.219. The molecule has 498 valence electrons. The monoisotopic (exact) mass is 1220 g/mol. The van der Waals surface area contributed by atoms with Crippen molar-refractivity contribution in [2.24, 2.45) is 0 Å². The molecule has 23 nitrogen and oxygen atoms in total. The fourth-order valence-electron chi connectivity index (χ4n) is 11.5. The summed E-state index contributed by atoms with van der Waals surface area (Å²) in [4.78, 5) is 38.4. The molecule has 3 saturated heterocycles. The van der Waals surface area contributed by atoms with Crippen LogP contribution in [0.4, 0.5) is 0 Å². The summed E-state index contributed by atoms with van der Waals surface area (Å²) < 4.78 is 34.8. The average molecular weight is 1220 g/mol. The summed E-state index contributed by atoms with van der Waals surface area (Å²) >= 11 is 0. The number of nitrogens with one attached hydrogen (secondary N) is 2. The van der Waals surface area contributed by atoms with Crippen LogP contribution in [0.25, 0.3) is 0 Å². The Balaban J connectivity index is 1.60. The van der Waals surface area contributed by atoms with Gasteiger partial charge in [-0.05, 0) is 38.5 Å². The largest absolute Gasteiger partial charge is 0.477 e. The van der Waals surface area contributed by atoms with Crippen LogP contribution in [0.3, 0.4) is 0 Å². The lowest BCUT2D eigenvalue weighted by molar-refractivity contribution is -0.386. The van der Waals surface area contributed by atoms with Crippen LogP contribution in [0.15, 0.2) is 12.2 Å². The maximum atomic E-state index is 13.4. The van der Waals surface area contributed by atoms with Gasteiger partial charge in [0, 0.05) is 19.8 Å². The predicted molar refractivity (Wildman–Crippen MR) is 315 cm³/mol. The number of amides is 2. The standard InChI is InChI=1S/C62H114N2O21/c1-4-6-8-10-12-14-16-17-18-19-20-21-22-23-24-26-28-30-32-34-36-49(72)64-43(44(69)35-33-31-29-27-25-15-13-11-9-7-5-2)41-80-59-54(76)53(75)56(48(40-67)82-59)83-60-55(77)58(52(74)47(39-66)81-60)85-62(61(78)79)37-45(70)50(63-42(3)68)57(84-62)51(73)46(71)38-65/h20-21,43-48,50-60,65-67,69-71,73-77H,4-19,22-41H2,1-3H3,(H,63,68)(H,64,72)(H,78,79)/b21-20-. The van der Waals surface area contributed by atoms with Gasteiger partial charge in [-0.25, -0.2) is 4.79 Å². The summed E-state index contributed by atoms with van der Waals surface area (Å²) in [6.07, 6.45) is 9.51. The second-order valence-corrected chi connectivity index (χ2v) is 24.0. The number of allylic oxidation sites excluding steroid dienone is 2. The Bertz CT molecular complexity index is 1790. The molecule has 3 aliphatic heterocycles. The highest BCUT2D eigenvalue weighted by Crippen LogP contribution is 2.38. The minimum atomic E-state index is -3.08. The van der Waals surface area contributed by atoms with E-state index in [0.717, 1.165) is 84.0 Å². The van der Waals surface area contributed by atoms with E-state index in [0.29, 0.717) is 19.3 Å². The van der Waals surface area contributed by atoms with E-state index in [1.165, 1.54) is 96.3 Å². The predicted octanol–water partition coefficient (Wildman–Crippen LogP) is 4.34.